The average molecular weight is 293 g/mol. The lowest BCUT2D eigenvalue weighted by Gasteiger charge is -2.30. The molecule has 19 heavy (non-hydrogen) atoms. The van der Waals surface area contributed by atoms with Crippen LogP contribution in [0.2, 0.25) is 5.02 Å². The SMILES string of the molecule is N[C@H]1CCCN(Cc2ccc(Cl)c(C(F)(F)F)c2)C1. The average Bonchev–Trinajstić information content (AvgIpc) is 2.30. The summed E-state index contributed by atoms with van der Waals surface area (Å²) >= 11 is 5.59. The smallest absolute Gasteiger partial charge is 0.327 e. The second-order valence-corrected chi connectivity index (χ2v) is 5.36. The highest BCUT2D eigenvalue weighted by Gasteiger charge is 2.33. The topological polar surface area (TPSA) is 29.3 Å². The zero-order valence-electron chi connectivity index (χ0n) is 10.4. The molecule has 1 saturated heterocycles. The molecule has 1 aliphatic rings. The number of benzene rings is 1. The molecule has 0 amide bonds. The van der Waals surface area contributed by atoms with Crippen molar-refractivity contribution in [3.63, 3.8) is 0 Å². The molecule has 1 aromatic carbocycles. The molecule has 0 spiro atoms. The maximum Gasteiger partial charge on any atom is 0.417 e. The van der Waals surface area contributed by atoms with Gasteiger partial charge in [0.25, 0.3) is 0 Å². The van der Waals surface area contributed by atoms with Crippen LogP contribution in [-0.2, 0) is 12.7 Å². The monoisotopic (exact) mass is 292 g/mol. The highest BCUT2D eigenvalue weighted by molar-refractivity contribution is 6.31. The Kier molecular flexibility index (Phi) is 4.38. The largest absolute Gasteiger partial charge is 0.417 e. The number of hydrogen-bond acceptors (Lipinski definition) is 2. The number of rotatable bonds is 2. The van der Waals surface area contributed by atoms with Gasteiger partial charge in [0.2, 0.25) is 0 Å². The minimum Gasteiger partial charge on any atom is -0.327 e. The van der Waals surface area contributed by atoms with Crippen molar-refractivity contribution < 1.29 is 13.2 Å². The van der Waals surface area contributed by atoms with Crippen LogP contribution >= 0.6 is 11.6 Å². The van der Waals surface area contributed by atoms with E-state index in [2.05, 4.69) is 4.90 Å². The molecular formula is C13H16ClF3N2. The molecule has 0 aromatic heterocycles. The molecule has 1 aromatic rings. The summed E-state index contributed by atoms with van der Waals surface area (Å²) in [4.78, 5) is 2.08. The zero-order chi connectivity index (χ0) is 14.0. The van der Waals surface area contributed by atoms with Crippen molar-refractivity contribution in [2.75, 3.05) is 13.1 Å². The number of hydrogen-bond donors (Lipinski definition) is 1. The van der Waals surface area contributed by atoms with Crippen molar-refractivity contribution in [2.24, 2.45) is 5.73 Å². The van der Waals surface area contributed by atoms with E-state index in [0.29, 0.717) is 12.1 Å². The van der Waals surface area contributed by atoms with Gasteiger partial charge in [-0.2, -0.15) is 13.2 Å². The second kappa shape index (κ2) is 5.69. The molecule has 1 fully saturated rings. The lowest BCUT2D eigenvalue weighted by Crippen LogP contribution is -2.42. The Morgan fingerprint density at radius 2 is 2.11 bits per heavy atom. The van der Waals surface area contributed by atoms with Gasteiger partial charge in [0.05, 0.1) is 10.6 Å². The van der Waals surface area contributed by atoms with E-state index in [1.54, 1.807) is 6.07 Å². The Balaban J connectivity index is 2.13. The Hall–Kier alpha value is -0.780. The molecule has 106 valence electrons. The van der Waals surface area contributed by atoms with E-state index < -0.39 is 11.7 Å². The van der Waals surface area contributed by atoms with Crippen LogP contribution in [0.15, 0.2) is 18.2 Å². The first-order valence-electron chi connectivity index (χ1n) is 6.20. The Bertz CT molecular complexity index is 448. The third-order valence-corrected chi connectivity index (χ3v) is 3.61. The minimum absolute atomic E-state index is 0.114. The molecule has 1 heterocycles. The molecule has 0 radical (unpaired) electrons. The highest BCUT2D eigenvalue weighted by atomic mass is 35.5. The third kappa shape index (κ3) is 3.84. The van der Waals surface area contributed by atoms with Gasteiger partial charge in [-0.05, 0) is 37.1 Å². The Morgan fingerprint density at radius 1 is 1.37 bits per heavy atom. The van der Waals surface area contributed by atoms with E-state index in [-0.39, 0.29) is 11.1 Å². The van der Waals surface area contributed by atoms with Crippen LogP contribution in [0.25, 0.3) is 0 Å². The standard InChI is InChI=1S/C13H16ClF3N2/c14-12-4-3-9(6-11(12)13(15,16)17)7-19-5-1-2-10(18)8-19/h3-4,6,10H,1-2,5,7-8,18H2/t10-/m0/s1. The van der Waals surface area contributed by atoms with E-state index in [9.17, 15) is 13.2 Å². The molecule has 2 N–H and O–H groups in total. The van der Waals surface area contributed by atoms with Gasteiger partial charge in [-0.15, -0.1) is 0 Å². The number of nitrogens with zero attached hydrogens (tertiary/aromatic N) is 1. The summed E-state index contributed by atoms with van der Waals surface area (Å²) in [6, 6.07) is 4.19. The third-order valence-electron chi connectivity index (χ3n) is 3.28. The quantitative estimate of drug-likeness (QED) is 0.906. The van der Waals surface area contributed by atoms with Crippen molar-refractivity contribution in [3.05, 3.63) is 34.3 Å². The van der Waals surface area contributed by atoms with Gasteiger partial charge in [-0.1, -0.05) is 17.7 Å². The maximum absolute atomic E-state index is 12.8. The summed E-state index contributed by atoms with van der Waals surface area (Å²) in [5.41, 5.74) is 5.71. The van der Waals surface area contributed by atoms with Gasteiger partial charge < -0.3 is 5.73 Å². The summed E-state index contributed by atoms with van der Waals surface area (Å²) in [7, 11) is 0. The summed E-state index contributed by atoms with van der Waals surface area (Å²) in [5.74, 6) is 0. The van der Waals surface area contributed by atoms with Gasteiger partial charge >= 0.3 is 6.18 Å². The Labute approximate surface area is 115 Å². The fraction of sp³-hybridized carbons (Fsp3) is 0.538. The van der Waals surface area contributed by atoms with E-state index >= 15 is 0 Å². The molecule has 1 aliphatic heterocycles. The van der Waals surface area contributed by atoms with Gasteiger partial charge in [-0.3, -0.25) is 4.90 Å². The molecular weight excluding hydrogens is 277 g/mol. The number of halogens is 4. The van der Waals surface area contributed by atoms with Crippen LogP contribution in [0.3, 0.4) is 0 Å². The molecule has 0 bridgehead atoms. The highest BCUT2D eigenvalue weighted by Crippen LogP contribution is 2.35. The summed E-state index contributed by atoms with van der Waals surface area (Å²) < 4.78 is 38.3. The van der Waals surface area contributed by atoms with Crippen molar-refractivity contribution in [1.82, 2.24) is 4.90 Å². The first kappa shape index (κ1) is 14.6. The van der Waals surface area contributed by atoms with Gasteiger partial charge in [0, 0.05) is 19.1 Å². The van der Waals surface area contributed by atoms with Crippen molar-refractivity contribution in [1.29, 1.82) is 0 Å². The van der Waals surface area contributed by atoms with Crippen molar-refractivity contribution >= 4 is 11.6 Å². The van der Waals surface area contributed by atoms with E-state index in [1.807, 2.05) is 0 Å². The maximum atomic E-state index is 12.8. The summed E-state index contributed by atoms with van der Waals surface area (Å²) in [5, 5.41) is -0.258. The molecule has 6 heteroatoms. The molecule has 1 atom stereocenters. The minimum atomic E-state index is -4.41. The van der Waals surface area contributed by atoms with Crippen LogP contribution in [-0.4, -0.2) is 24.0 Å². The van der Waals surface area contributed by atoms with E-state index in [0.717, 1.165) is 32.0 Å². The number of piperidine rings is 1. The fourth-order valence-corrected chi connectivity index (χ4v) is 2.61. The van der Waals surface area contributed by atoms with Crippen LogP contribution < -0.4 is 5.73 Å². The molecule has 2 rings (SSSR count). The summed E-state index contributed by atoms with van der Waals surface area (Å²) in [6.45, 7) is 2.08. The zero-order valence-corrected chi connectivity index (χ0v) is 11.1. The van der Waals surface area contributed by atoms with E-state index in [4.69, 9.17) is 17.3 Å². The van der Waals surface area contributed by atoms with Crippen LogP contribution in [0.5, 0.6) is 0 Å². The second-order valence-electron chi connectivity index (χ2n) is 4.95. The van der Waals surface area contributed by atoms with Crippen LogP contribution in [0.4, 0.5) is 13.2 Å². The lowest BCUT2D eigenvalue weighted by atomic mass is 10.0. The molecule has 2 nitrogen and oxygen atoms in total. The van der Waals surface area contributed by atoms with Crippen LogP contribution in [0, 0.1) is 0 Å². The first-order valence-corrected chi connectivity index (χ1v) is 6.57. The summed E-state index contributed by atoms with van der Waals surface area (Å²) in [6.07, 6.45) is -2.45. The predicted octanol–water partition coefficient (Wildman–Crippen LogP) is 3.28. The molecule has 0 aliphatic carbocycles. The van der Waals surface area contributed by atoms with Gasteiger partial charge in [0.1, 0.15) is 0 Å². The van der Waals surface area contributed by atoms with Crippen LogP contribution in [0.1, 0.15) is 24.0 Å². The van der Waals surface area contributed by atoms with E-state index in [1.165, 1.54) is 6.07 Å². The Morgan fingerprint density at radius 3 is 2.74 bits per heavy atom. The molecule has 0 unspecified atom stereocenters. The lowest BCUT2D eigenvalue weighted by molar-refractivity contribution is -0.137. The number of alkyl halides is 3. The normalized spacial score (nSPS) is 21.6. The van der Waals surface area contributed by atoms with Crippen molar-refractivity contribution in [3.8, 4) is 0 Å². The number of likely N-dealkylation sites (tertiary alicyclic amines) is 1. The number of nitrogens with two attached hydrogens (primary N) is 1. The van der Waals surface area contributed by atoms with Gasteiger partial charge in [-0.25, -0.2) is 0 Å². The van der Waals surface area contributed by atoms with Crippen molar-refractivity contribution in [2.45, 2.75) is 31.6 Å². The van der Waals surface area contributed by atoms with Gasteiger partial charge in [0.15, 0.2) is 0 Å². The predicted molar refractivity (Wildman–Crippen MR) is 68.9 cm³/mol. The fourth-order valence-electron chi connectivity index (χ4n) is 2.38. The first-order chi connectivity index (χ1) is 8.86. The molecule has 0 saturated carbocycles.